The number of nitrogens with one attached hydrogen (secondary N) is 2. The summed E-state index contributed by atoms with van der Waals surface area (Å²) >= 11 is 1.66. The second-order valence-electron chi connectivity index (χ2n) is 8.19. The van der Waals surface area contributed by atoms with Crippen molar-refractivity contribution < 1.29 is 4.79 Å². The number of carbonyl (C=O) groups excluding carboxylic acids is 1. The Kier molecular flexibility index (Phi) is 6.96. The number of piperidine rings is 1. The molecule has 1 fully saturated rings. The molecule has 1 amide bonds. The molecule has 2 N–H and O–H groups in total. The molecule has 0 atom stereocenters. The van der Waals surface area contributed by atoms with Gasteiger partial charge < -0.3 is 20.4 Å². The van der Waals surface area contributed by atoms with Crippen molar-refractivity contribution in [3.8, 4) is 10.6 Å². The smallest absolute Gasteiger partial charge is 0.236 e. The average Bonchev–Trinajstić information content (AvgIpc) is 3.28. The predicted octanol–water partition coefficient (Wildman–Crippen LogP) is 3.30. The highest BCUT2D eigenvalue weighted by Crippen LogP contribution is 2.32. The van der Waals surface area contributed by atoms with Crippen LogP contribution in [0.5, 0.6) is 0 Å². The maximum absolute atomic E-state index is 11.8. The first-order chi connectivity index (χ1) is 15.5. The van der Waals surface area contributed by atoms with Crippen molar-refractivity contribution in [1.29, 1.82) is 0 Å². The highest BCUT2D eigenvalue weighted by molar-refractivity contribution is 7.18. The van der Waals surface area contributed by atoms with Crippen molar-refractivity contribution in [3.63, 3.8) is 0 Å². The number of thiazole rings is 1. The number of aryl methyl sites for hydroxylation is 1. The molecule has 9 heteroatoms. The molecule has 8 nitrogen and oxygen atoms in total. The number of pyridine rings is 2. The van der Waals surface area contributed by atoms with Crippen LogP contribution < -0.4 is 15.5 Å². The molecule has 3 aromatic rings. The van der Waals surface area contributed by atoms with E-state index in [-0.39, 0.29) is 5.91 Å². The molecule has 0 unspecified atom stereocenters. The van der Waals surface area contributed by atoms with E-state index in [1.54, 1.807) is 36.5 Å². The van der Waals surface area contributed by atoms with E-state index in [0.29, 0.717) is 12.6 Å². The second-order valence-corrected chi connectivity index (χ2v) is 9.20. The Balaban J connectivity index is 1.36. The van der Waals surface area contributed by atoms with Crippen molar-refractivity contribution in [1.82, 2.24) is 25.2 Å². The first kappa shape index (κ1) is 22.2. The second kappa shape index (κ2) is 10.1. The van der Waals surface area contributed by atoms with Gasteiger partial charge in [-0.05, 0) is 49.6 Å². The zero-order valence-electron chi connectivity index (χ0n) is 18.7. The molecular formula is C23H29N7OS. The van der Waals surface area contributed by atoms with Crippen molar-refractivity contribution in [2.24, 2.45) is 0 Å². The van der Waals surface area contributed by atoms with Crippen LogP contribution >= 0.6 is 11.3 Å². The maximum Gasteiger partial charge on any atom is 0.236 e. The fourth-order valence-corrected chi connectivity index (χ4v) is 4.51. The normalized spacial score (nSPS) is 14.4. The molecule has 32 heavy (non-hydrogen) atoms. The molecule has 0 saturated carbocycles. The van der Waals surface area contributed by atoms with Gasteiger partial charge in [-0.2, -0.15) is 0 Å². The van der Waals surface area contributed by atoms with Gasteiger partial charge in [-0.25, -0.2) is 15.0 Å². The molecular weight excluding hydrogens is 422 g/mol. The van der Waals surface area contributed by atoms with Crippen LogP contribution in [0.1, 0.15) is 18.4 Å². The monoisotopic (exact) mass is 451 g/mol. The Morgan fingerprint density at radius 2 is 2.00 bits per heavy atom. The van der Waals surface area contributed by atoms with Crippen molar-refractivity contribution in [3.05, 3.63) is 48.3 Å². The number of nitrogens with zero attached hydrogens (tertiary/aromatic N) is 5. The Labute approximate surface area is 192 Å². The molecule has 0 aliphatic carbocycles. The Morgan fingerprint density at radius 3 is 2.75 bits per heavy atom. The summed E-state index contributed by atoms with van der Waals surface area (Å²) in [5.41, 5.74) is 2.04. The standard InChI is InChI=1S/C23H29N7OS/c1-16-7-10-24-21(13-16)28-20-6-4-5-18(27-20)19-14-26-23(32-19)30-11-8-17(9-12-30)25-15-22(31)29(2)3/h4-7,10,13-14,17,25H,8-9,11-12,15H2,1-3H3,(H,24,27,28). The third-order valence-corrected chi connectivity index (χ3v) is 6.55. The van der Waals surface area contributed by atoms with Gasteiger partial charge in [0.2, 0.25) is 5.91 Å². The number of rotatable bonds is 7. The van der Waals surface area contributed by atoms with E-state index in [1.807, 2.05) is 43.5 Å². The van der Waals surface area contributed by atoms with E-state index >= 15 is 0 Å². The summed E-state index contributed by atoms with van der Waals surface area (Å²) in [5, 5.41) is 7.67. The van der Waals surface area contributed by atoms with Crippen molar-refractivity contribution in [2.75, 3.05) is 43.9 Å². The van der Waals surface area contributed by atoms with Gasteiger partial charge in [0.25, 0.3) is 0 Å². The lowest BCUT2D eigenvalue weighted by Gasteiger charge is -2.32. The molecule has 0 bridgehead atoms. The van der Waals surface area contributed by atoms with Crippen LogP contribution in [0.25, 0.3) is 10.6 Å². The Morgan fingerprint density at radius 1 is 1.19 bits per heavy atom. The molecule has 4 rings (SSSR count). The van der Waals surface area contributed by atoms with Crippen LogP contribution in [-0.2, 0) is 4.79 Å². The summed E-state index contributed by atoms with van der Waals surface area (Å²) in [5.74, 6) is 1.65. The number of carbonyl (C=O) groups is 1. The molecule has 1 aliphatic rings. The number of aromatic nitrogens is 3. The number of hydrogen-bond donors (Lipinski definition) is 2. The van der Waals surface area contributed by atoms with Crippen LogP contribution in [0.4, 0.5) is 16.8 Å². The van der Waals surface area contributed by atoms with E-state index in [2.05, 4.69) is 25.5 Å². The minimum atomic E-state index is 0.111. The van der Waals surface area contributed by atoms with E-state index in [4.69, 9.17) is 4.98 Å². The van der Waals surface area contributed by atoms with Crippen molar-refractivity contribution in [2.45, 2.75) is 25.8 Å². The Hall–Kier alpha value is -3.04. The number of amides is 1. The minimum absolute atomic E-state index is 0.111. The third-order valence-electron chi connectivity index (χ3n) is 5.47. The number of anilines is 3. The van der Waals surface area contributed by atoms with E-state index < -0.39 is 0 Å². The maximum atomic E-state index is 11.8. The molecule has 4 heterocycles. The van der Waals surface area contributed by atoms with Gasteiger partial charge in [-0.15, -0.1) is 0 Å². The van der Waals surface area contributed by atoms with Crippen LogP contribution in [0.3, 0.4) is 0 Å². The van der Waals surface area contributed by atoms with Crippen LogP contribution in [0.2, 0.25) is 0 Å². The molecule has 1 aliphatic heterocycles. The highest BCUT2D eigenvalue weighted by Gasteiger charge is 2.22. The summed E-state index contributed by atoms with van der Waals surface area (Å²) in [4.78, 5) is 30.5. The zero-order chi connectivity index (χ0) is 22.5. The fraction of sp³-hybridized carbons (Fsp3) is 0.391. The minimum Gasteiger partial charge on any atom is -0.348 e. The van der Waals surface area contributed by atoms with Crippen LogP contribution in [0, 0.1) is 6.92 Å². The van der Waals surface area contributed by atoms with Gasteiger partial charge in [-0.1, -0.05) is 17.4 Å². The highest BCUT2D eigenvalue weighted by atomic mass is 32.1. The van der Waals surface area contributed by atoms with Gasteiger partial charge in [0.1, 0.15) is 11.6 Å². The lowest BCUT2D eigenvalue weighted by Crippen LogP contribution is -2.45. The topological polar surface area (TPSA) is 86.3 Å². The summed E-state index contributed by atoms with van der Waals surface area (Å²) in [6.07, 6.45) is 5.68. The van der Waals surface area contributed by atoms with E-state index in [9.17, 15) is 4.79 Å². The number of likely N-dealkylation sites (N-methyl/N-ethyl adjacent to an activating group) is 1. The van der Waals surface area contributed by atoms with E-state index in [0.717, 1.165) is 58.8 Å². The Bertz CT molecular complexity index is 1060. The van der Waals surface area contributed by atoms with Crippen molar-refractivity contribution >= 4 is 34.0 Å². The average molecular weight is 452 g/mol. The summed E-state index contributed by atoms with van der Waals surface area (Å²) in [6.45, 7) is 4.29. The first-order valence-electron chi connectivity index (χ1n) is 10.8. The van der Waals surface area contributed by atoms with E-state index in [1.165, 1.54) is 0 Å². The van der Waals surface area contributed by atoms with Gasteiger partial charge in [0.15, 0.2) is 5.13 Å². The lowest BCUT2D eigenvalue weighted by molar-refractivity contribution is -0.127. The van der Waals surface area contributed by atoms with Crippen LogP contribution in [0.15, 0.2) is 42.7 Å². The largest absolute Gasteiger partial charge is 0.348 e. The fourth-order valence-electron chi connectivity index (χ4n) is 3.57. The quantitative estimate of drug-likeness (QED) is 0.570. The summed E-state index contributed by atoms with van der Waals surface area (Å²) in [6, 6.07) is 10.3. The summed E-state index contributed by atoms with van der Waals surface area (Å²) < 4.78 is 0. The molecule has 1 saturated heterocycles. The van der Waals surface area contributed by atoms with Crippen LogP contribution in [-0.4, -0.2) is 65.5 Å². The molecule has 3 aromatic heterocycles. The third kappa shape index (κ3) is 5.60. The molecule has 0 spiro atoms. The SMILES string of the molecule is Cc1ccnc(Nc2cccc(-c3cnc(N4CCC(NCC(=O)N(C)C)CC4)s3)n2)c1. The first-order valence-corrected chi connectivity index (χ1v) is 11.6. The lowest BCUT2D eigenvalue weighted by atomic mass is 10.1. The predicted molar refractivity (Wildman–Crippen MR) is 130 cm³/mol. The molecule has 0 aromatic carbocycles. The van der Waals surface area contributed by atoms with Gasteiger partial charge in [-0.3, -0.25) is 4.79 Å². The number of hydrogen-bond acceptors (Lipinski definition) is 8. The van der Waals surface area contributed by atoms with Gasteiger partial charge in [0.05, 0.1) is 17.1 Å². The van der Waals surface area contributed by atoms with Gasteiger partial charge in [0, 0.05) is 45.6 Å². The summed E-state index contributed by atoms with van der Waals surface area (Å²) in [7, 11) is 3.57. The van der Waals surface area contributed by atoms with Gasteiger partial charge >= 0.3 is 0 Å². The zero-order valence-corrected chi connectivity index (χ0v) is 19.5. The molecule has 168 valence electrons. The molecule has 0 radical (unpaired) electrons.